The maximum absolute atomic E-state index is 12.3. The average Bonchev–Trinajstić information content (AvgIpc) is 2.63. The van der Waals surface area contributed by atoms with Crippen LogP contribution in [0.15, 0.2) is 35.3 Å². The fraction of sp³-hybridized carbons (Fsp3) is 0.438. The lowest BCUT2D eigenvalue weighted by Crippen LogP contribution is -2.30. The Labute approximate surface area is 118 Å². The topological polar surface area (TPSA) is 41.0 Å². The molecule has 1 N–H and O–H groups in total. The van der Waals surface area contributed by atoms with Gasteiger partial charge in [0.05, 0.1) is 17.1 Å². The standard InChI is InChI=1S/C16H21N3O/c1-4-6-13-10-18(11(2)3)9-12-7-5-8-14-15(12)19(13)16(20)17-14/h5,7-8,13H,2,4,6,9-10H2,1,3H3,(H,17,20). The van der Waals surface area contributed by atoms with E-state index in [9.17, 15) is 4.79 Å². The first-order valence-corrected chi connectivity index (χ1v) is 7.24. The van der Waals surface area contributed by atoms with Crippen LogP contribution < -0.4 is 5.69 Å². The predicted octanol–water partition coefficient (Wildman–Crippen LogP) is 3.02. The highest BCUT2D eigenvalue weighted by Crippen LogP contribution is 2.29. The lowest BCUT2D eigenvalue weighted by Gasteiger charge is -2.27. The van der Waals surface area contributed by atoms with Gasteiger partial charge in [0.2, 0.25) is 0 Å². The number of aromatic amines is 1. The second kappa shape index (κ2) is 4.85. The number of rotatable bonds is 3. The Morgan fingerprint density at radius 2 is 2.30 bits per heavy atom. The molecule has 1 aliphatic rings. The van der Waals surface area contributed by atoms with Gasteiger partial charge in [-0.25, -0.2) is 4.79 Å². The van der Waals surface area contributed by atoms with Crippen LogP contribution in [-0.4, -0.2) is 21.0 Å². The number of benzene rings is 1. The third-order valence-electron chi connectivity index (χ3n) is 4.14. The van der Waals surface area contributed by atoms with Crippen molar-refractivity contribution in [2.45, 2.75) is 39.3 Å². The van der Waals surface area contributed by atoms with Gasteiger partial charge in [-0.05, 0) is 25.0 Å². The zero-order valence-corrected chi connectivity index (χ0v) is 12.1. The summed E-state index contributed by atoms with van der Waals surface area (Å²) in [6.07, 6.45) is 2.07. The van der Waals surface area contributed by atoms with Gasteiger partial charge in [0.25, 0.3) is 0 Å². The van der Waals surface area contributed by atoms with E-state index in [4.69, 9.17) is 0 Å². The highest BCUT2D eigenvalue weighted by atomic mass is 16.1. The van der Waals surface area contributed by atoms with Crippen molar-refractivity contribution in [1.82, 2.24) is 14.5 Å². The van der Waals surface area contributed by atoms with E-state index in [1.165, 1.54) is 5.56 Å². The summed E-state index contributed by atoms with van der Waals surface area (Å²) in [6.45, 7) is 9.95. The first-order valence-electron chi connectivity index (χ1n) is 7.24. The van der Waals surface area contributed by atoms with Crippen molar-refractivity contribution >= 4 is 11.0 Å². The largest absolute Gasteiger partial charge is 0.369 e. The molecule has 1 atom stereocenters. The summed E-state index contributed by atoms with van der Waals surface area (Å²) in [7, 11) is 0. The molecule has 1 unspecified atom stereocenters. The van der Waals surface area contributed by atoms with Crippen molar-refractivity contribution in [3.05, 3.63) is 46.5 Å². The van der Waals surface area contributed by atoms with Gasteiger partial charge in [-0.3, -0.25) is 4.57 Å². The molecular weight excluding hydrogens is 250 g/mol. The van der Waals surface area contributed by atoms with E-state index in [2.05, 4.69) is 29.5 Å². The molecule has 0 bridgehead atoms. The van der Waals surface area contributed by atoms with E-state index < -0.39 is 0 Å². The van der Waals surface area contributed by atoms with E-state index in [1.54, 1.807) is 0 Å². The molecule has 4 heteroatoms. The summed E-state index contributed by atoms with van der Waals surface area (Å²) in [6, 6.07) is 6.31. The Morgan fingerprint density at radius 1 is 1.50 bits per heavy atom. The number of nitrogens with one attached hydrogen (secondary N) is 1. The zero-order valence-electron chi connectivity index (χ0n) is 12.1. The second-order valence-electron chi connectivity index (χ2n) is 5.67. The van der Waals surface area contributed by atoms with Gasteiger partial charge < -0.3 is 9.88 Å². The molecule has 3 rings (SSSR count). The fourth-order valence-corrected chi connectivity index (χ4v) is 3.18. The van der Waals surface area contributed by atoms with Crippen LogP contribution in [0.3, 0.4) is 0 Å². The monoisotopic (exact) mass is 271 g/mol. The maximum Gasteiger partial charge on any atom is 0.326 e. The molecule has 1 aliphatic heterocycles. The van der Waals surface area contributed by atoms with Gasteiger partial charge in [0, 0.05) is 18.8 Å². The normalized spacial score (nSPS) is 18.3. The van der Waals surface area contributed by atoms with E-state index >= 15 is 0 Å². The third kappa shape index (κ3) is 1.96. The van der Waals surface area contributed by atoms with Gasteiger partial charge in [0.1, 0.15) is 0 Å². The molecule has 0 saturated carbocycles. The number of para-hydroxylation sites is 1. The summed E-state index contributed by atoms with van der Waals surface area (Å²) < 4.78 is 1.96. The molecule has 4 nitrogen and oxygen atoms in total. The maximum atomic E-state index is 12.3. The minimum atomic E-state index is 0.00876. The molecular formula is C16H21N3O. The highest BCUT2D eigenvalue weighted by molar-refractivity contribution is 5.79. The Hall–Kier alpha value is -1.97. The molecule has 0 spiro atoms. The number of aromatic nitrogens is 2. The van der Waals surface area contributed by atoms with Gasteiger partial charge in [-0.15, -0.1) is 0 Å². The smallest absolute Gasteiger partial charge is 0.326 e. The lowest BCUT2D eigenvalue weighted by atomic mass is 10.1. The van der Waals surface area contributed by atoms with Gasteiger partial charge >= 0.3 is 5.69 Å². The minimum absolute atomic E-state index is 0.00876. The first kappa shape index (κ1) is 13.0. The van der Waals surface area contributed by atoms with Crippen LogP contribution in [0.5, 0.6) is 0 Å². The van der Waals surface area contributed by atoms with Crippen LogP contribution in [0.25, 0.3) is 11.0 Å². The van der Waals surface area contributed by atoms with Gasteiger partial charge in [-0.1, -0.05) is 32.1 Å². The summed E-state index contributed by atoms with van der Waals surface area (Å²) in [4.78, 5) is 17.6. The number of allylic oxidation sites excluding steroid dienone is 1. The molecule has 1 aromatic carbocycles. The van der Waals surface area contributed by atoms with E-state index in [0.29, 0.717) is 0 Å². The molecule has 20 heavy (non-hydrogen) atoms. The quantitative estimate of drug-likeness (QED) is 0.932. The molecule has 0 amide bonds. The molecule has 106 valence electrons. The molecule has 0 saturated heterocycles. The zero-order chi connectivity index (χ0) is 14.3. The van der Waals surface area contributed by atoms with E-state index in [-0.39, 0.29) is 11.7 Å². The highest BCUT2D eigenvalue weighted by Gasteiger charge is 2.25. The summed E-state index contributed by atoms with van der Waals surface area (Å²) in [5.41, 5.74) is 4.28. The van der Waals surface area contributed by atoms with Crippen molar-refractivity contribution in [2.24, 2.45) is 0 Å². The van der Waals surface area contributed by atoms with Crippen molar-refractivity contribution < 1.29 is 0 Å². The summed E-state index contributed by atoms with van der Waals surface area (Å²) >= 11 is 0. The number of H-pyrrole nitrogens is 1. The van der Waals surface area contributed by atoms with E-state index in [0.717, 1.165) is 42.7 Å². The molecule has 2 heterocycles. The van der Waals surface area contributed by atoms with Crippen LogP contribution in [-0.2, 0) is 6.54 Å². The van der Waals surface area contributed by atoms with E-state index in [1.807, 2.05) is 23.6 Å². The van der Waals surface area contributed by atoms with Crippen LogP contribution in [0.1, 0.15) is 38.3 Å². The van der Waals surface area contributed by atoms with Crippen LogP contribution in [0.2, 0.25) is 0 Å². The molecule has 2 aromatic rings. The van der Waals surface area contributed by atoms with Crippen LogP contribution >= 0.6 is 0 Å². The molecule has 0 radical (unpaired) electrons. The molecule has 0 aliphatic carbocycles. The van der Waals surface area contributed by atoms with Crippen molar-refractivity contribution in [1.29, 1.82) is 0 Å². The lowest BCUT2D eigenvalue weighted by molar-refractivity contribution is 0.279. The molecule has 1 aromatic heterocycles. The summed E-state index contributed by atoms with van der Waals surface area (Å²) in [5, 5.41) is 0. The second-order valence-corrected chi connectivity index (χ2v) is 5.67. The Morgan fingerprint density at radius 3 is 3.00 bits per heavy atom. The van der Waals surface area contributed by atoms with Crippen LogP contribution in [0.4, 0.5) is 0 Å². The SMILES string of the molecule is C=C(C)N1Cc2cccc3[nH]c(=O)n(c23)C(CCC)C1. The Balaban J connectivity index is 2.24. The first-order chi connectivity index (χ1) is 9.61. The predicted molar refractivity (Wildman–Crippen MR) is 81.7 cm³/mol. The number of hydrogen-bond donors (Lipinski definition) is 1. The van der Waals surface area contributed by atoms with Crippen molar-refractivity contribution in [3.8, 4) is 0 Å². The number of nitrogens with zero attached hydrogens (tertiary/aromatic N) is 2. The molecule has 0 fully saturated rings. The Kier molecular flexibility index (Phi) is 3.16. The van der Waals surface area contributed by atoms with Gasteiger partial charge in [0.15, 0.2) is 0 Å². The van der Waals surface area contributed by atoms with Gasteiger partial charge in [-0.2, -0.15) is 0 Å². The number of hydrogen-bond acceptors (Lipinski definition) is 2. The van der Waals surface area contributed by atoms with Crippen molar-refractivity contribution in [2.75, 3.05) is 6.54 Å². The minimum Gasteiger partial charge on any atom is -0.369 e. The Bertz CT molecular complexity index is 710. The third-order valence-corrected chi connectivity index (χ3v) is 4.14. The van der Waals surface area contributed by atoms with Crippen molar-refractivity contribution in [3.63, 3.8) is 0 Å². The fourth-order valence-electron chi connectivity index (χ4n) is 3.18. The number of imidazole rings is 1. The van der Waals surface area contributed by atoms with Crippen LogP contribution in [0, 0.1) is 0 Å². The average molecular weight is 271 g/mol. The summed E-state index contributed by atoms with van der Waals surface area (Å²) in [5.74, 6) is 0.